The Morgan fingerprint density at radius 3 is 2.41 bits per heavy atom. The molecule has 146 valence electrons. The molecule has 3 aliphatic rings. The van der Waals surface area contributed by atoms with E-state index in [1.54, 1.807) is 4.90 Å². The molecule has 0 bridgehead atoms. The highest BCUT2D eigenvalue weighted by Gasteiger charge is 2.39. The van der Waals surface area contributed by atoms with Gasteiger partial charge in [0.05, 0.1) is 13.2 Å². The van der Waals surface area contributed by atoms with Crippen LogP contribution in [-0.2, 0) is 14.3 Å². The first-order valence-electron chi connectivity index (χ1n) is 10.2. The minimum absolute atomic E-state index is 0.0572. The fourth-order valence-electron chi connectivity index (χ4n) is 4.53. The number of para-hydroxylation sites is 1. The van der Waals surface area contributed by atoms with Gasteiger partial charge in [0.1, 0.15) is 6.04 Å². The number of piperidine rings is 1. The van der Waals surface area contributed by atoms with Crippen LogP contribution in [0.15, 0.2) is 30.3 Å². The van der Waals surface area contributed by atoms with E-state index in [0.29, 0.717) is 18.8 Å². The Kier molecular flexibility index (Phi) is 5.74. The summed E-state index contributed by atoms with van der Waals surface area (Å²) in [5.41, 5.74) is 0.834. The number of carbonyl (C=O) groups excluding carboxylic acids is 2. The van der Waals surface area contributed by atoms with Crippen molar-refractivity contribution in [1.29, 1.82) is 0 Å². The van der Waals surface area contributed by atoms with Gasteiger partial charge in [0, 0.05) is 44.8 Å². The van der Waals surface area contributed by atoms with Crippen molar-refractivity contribution in [2.24, 2.45) is 5.92 Å². The lowest BCUT2D eigenvalue weighted by atomic mass is 9.95. The summed E-state index contributed by atoms with van der Waals surface area (Å²) in [6.07, 6.45) is 3.18. The Morgan fingerprint density at radius 2 is 1.70 bits per heavy atom. The number of benzene rings is 1. The van der Waals surface area contributed by atoms with E-state index < -0.39 is 0 Å². The normalized spacial score (nSPS) is 25.2. The standard InChI is InChI=1S/C21H29N3O3/c25-20-7-6-19(24(20)18-4-2-1-3-5-18)21(26)23-10-8-17(9-11-23)16-22-12-14-27-15-13-22/h1-5,17,19H,6-16H2. The topological polar surface area (TPSA) is 53.1 Å². The van der Waals surface area contributed by atoms with Gasteiger partial charge in [-0.05, 0) is 37.3 Å². The molecule has 1 aromatic rings. The Bertz CT molecular complexity index is 652. The van der Waals surface area contributed by atoms with Crippen LogP contribution in [0.2, 0.25) is 0 Å². The zero-order chi connectivity index (χ0) is 18.6. The molecule has 3 heterocycles. The molecule has 3 fully saturated rings. The van der Waals surface area contributed by atoms with Crippen LogP contribution in [0.1, 0.15) is 25.7 Å². The number of carbonyl (C=O) groups is 2. The summed E-state index contributed by atoms with van der Waals surface area (Å²) < 4.78 is 5.42. The zero-order valence-corrected chi connectivity index (χ0v) is 15.9. The van der Waals surface area contributed by atoms with Gasteiger partial charge in [-0.2, -0.15) is 0 Å². The minimum Gasteiger partial charge on any atom is -0.379 e. The lowest BCUT2D eigenvalue weighted by molar-refractivity contribution is -0.134. The van der Waals surface area contributed by atoms with E-state index in [0.717, 1.165) is 64.5 Å². The van der Waals surface area contributed by atoms with Crippen molar-refractivity contribution in [2.45, 2.75) is 31.7 Å². The maximum atomic E-state index is 13.1. The molecule has 0 aliphatic carbocycles. The third kappa shape index (κ3) is 4.17. The third-order valence-electron chi connectivity index (χ3n) is 6.08. The van der Waals surface area contributed by atoms with Crippen LogP contribution < -0.4 is 4.90 Å². The minimum atomic E-state index is -0.337. The summed E-state index contributed by atoms with van der Waals surface area (Å²) in [6.45, 7) is 6.45. The van der Waals surface area contributed by atoms with Crippen molar-refractivity contribution in [2.75, 3.05) is 50.8 Å². The fraction of sp³-hybridized carbons (Fsp3) is 0.619. The molecule has 3 aliphatic heterocycles. The molecular weight excluding hydrogens is 342 g/mol. The second kappa shape index (κ2) is 8.40. The predicted octanol–water partition coefficient (Wildman–Crippen LogP) is 1.75. The fourth-order valence-corrected chi connectivity index (χ4v) is 4.53. The zero-order valence-electron chi connectivity index (χ0n) is 15.9. The molecule has 0 saturated carbocycles. The number of rotatable bonds is 4. The van der Waals surface area contributed by atoms with Crippen molar-refractivity contribution in [3.05, 3.63) is 30.3 Å². The van der Waals surface area contributed by atoms with E-state index in [1.807, 2.05) is 35.2 Å². The summed E-state index contributed by atoms with van der Waals surface area (Å²) in [4.78, 5) is 31.7. The van der Waals surface area contributed by atoms with Crippen molar-refractivity contribution in [1.82, 2.24) is 9.80 Å². The molecule has 1 atom stereocenters. The summed E-state index contributed by atoms with van der Waals surface area (Å²) in [5.74, 6) is 0.832. The largest absolute Gasteiger partial charge is 0.379 e. The van der Waals surface area contributed by atoms with Crippen LogP contribution in [0.3, 0.4) is 0 Å². The van der Waals surface area contributed by atoms with Gasteiger partial charge in [0.15, 0.2) is 0 Å². The first kappa shape index (κ1) is 18.4. The number of likely N-dealkylation sites (tertiary alicyclic amines) is 1. The van der Waals surface area contributed by atoms with Gasteiger partial charge in [-0.3, -0.25) is 19.4 Å². The average molecular weight is 371 g/mol. The average Bonchev–Trinajstić information content (AvgIpc) is 3.11. The van der Waals surface area contributed by atoms with Crippen LogP contribution in [0, 0.1) is 5.92 Å². The molecule has 27 heavy (non-hydrogen) atoms. The van der Waals surface area contributed by atoms with Gasteiger partial charge < -0.3 is 9.64 Å². The Balaban J connectivity index is 1.34. The molecule has 6 heteroatoms. The van der Waals surface area contributed by atoms with E-state index in [1.165, 1.54) is 0 Å². The van der Waals surface area contributed by atoms with Crippen LogP contribution >= 0.6 is 0 Å². The third-order valence-corrected chi connectivity index (χ3v) is 6.08. The van der Waals surface area contributed by atoms with Gasteiger partial charge in [0.25, 0.3) is 0 Å². The molecule has 0 N–H and O–H groups in total. The highest BCUT2D eigenvalue weighted by atomic mass is 16.5. The van der Waals surface area contributed by atoms with Crippen LogP contribution in [0.4, 0.5) is 5.69 Å². The van der Waals surface area contributed by atoms with E-state index in [9.17, 15) is 9.59 Å². The van der Waals surface area contributed by atoms with E-state index in [-0.39, 0.29) is 17.9 Å². The first-order valence-corrected chi connectivity index (χ1v) is 10.2. The molecule has 0 spiro atoms. The van der Waals surface area contributed by atoms with Crippen LogP contribution in [-0.4, -0.2) is 73.6 Å². The predicted molar refractivity (Wildman–Crippen MR) is 104 cm³/mol. The van der Waals surface area contributed by atoms with Crippen molar-refractivity contribution >= 4 is 17.5 Å². The molecule has 6 nitrogen and oxygen atoms in total. The highest BCUT2D eigenvalue weighted by Crippen LogP contribution is 2.29. The molecule has 3 saturated heterocycles. The van der Waals surface area contributed by atoms with Gasteiger partial charge in [-0.15, -0.1) is 0 Å². The Morgan fingerprint density at radius 1 is 1.00 bits per heavy atom. The van der Waals surface area contributed by atoms with E-state index in [2.05, 4.69) is 4.90 Å². The molecule has 0 radical (unpaired) electrons. The maximum absolute atomic E-state index is 13.1. The molecule has 1 aromatic carbocycles. The lowest BCUT2D eigenvalue weighted by Crippen LogP contribution is -2.50. The van der Waals surface area contributed by atoms with Crippen LogP contribution in [0.25, 0.3) is 0 Å². The molecule has 2 amide bonds. The molecule has 4 rings (SSSR count). The van der Waals surface area contributed by atoms with Gasteiger partial charge >= 0.3 is 0 Å². The van der Waals surface area contributed by atoms with E-state index >= 15 is 0 Å². The number of hydrogen-bond acceptors (Lipinski definition) is 4. The number of morpholine rings is 1. The smallest absolute Gasteiger partial charge is 0.245 e. The number of anilines is 1. The van der Waals surface area contributed by atoms with Gasteiger partial charge in [-0.25, -0.2) is 0 Å². The van der Waals surface area contributed by atoms with E-state index in [4.69, 9.17) is 4.74 Å². The number of ether oxygens (including phenoxy) is 1. The Hall–Kier alpha value is -1.92. The number of amides is 2. The first-order chi connectivity index (χ1) is 13.2. The number of hydrogen-bond donors (Lipinski definition) is 0. The Labute approximate surface area is 161 Å². The second-order valence-corrected chi connectivity index (χ2v) is 7.84. The highest BCUT2D eigenvalue weighted by molar-refractivity contribution is 6.03. The molecular formula is C21H29N3O3. The molecule has 0 aromatic heterocycles. The summed E-state index contributed by atoms with van der Waals surface area (Å²) in [5, 5.41) is 0. The van der Waals surface area contributed by atoms with Crippen molar-refractivity contribution in [3.63, 3.8) is 0 Å². The summed E-state index contributed by atoms with van der Waals surface area (Å²) in [7, 11) is 0. The SMILES string of the molecule is O=C(C1CCC(=O)N1c1ccccc1)N1CCC(CN2CCOCC2)CC1. The lowest BCUT2D eigenvalue weighted by Gasteiger charge is -2.37. The van der Waals surface area contributed by atoms with Crippen LogP contribution in [0.5, 0.6) is 0 Å². The van der Waals surface area contributed by atoms with Gasteiger partial charge in [-0.1, -0.05) is 18.2 Å². The maximum Gasteiger partial charge on any atom is 0.245 e. The monoisotopic (exact) mass is 371 g/mol. The van der Waals surface area contributed by atoms with Crippen molar-refractivity contribution < 1.29 is 14.3 Å². The summed E-state index contributed by atoms with van der Waals surface area (Å²) in [6, 6.07) is 9.26. The number of nitrogens with zero attached hydrogens (tertiary/aromatic N) is 3. The van der Waals surface area contributed by atoms with Gasteiger partial charge in [0.2, 0.25) is 11.8 Å². The summed E-state index contributed by atoms with van der Waals surface area (Å²) >= 11 is 0. The molecule has 1 unspecified atom stereocenters. The quantitative estimate of drug-likeness (QED) is 0.809. The second-order valence-electron chi connectivity index (χ2n) is 7.84. The van der Waals surface area contributed by atoms with Crippen molar-refractivity contribution in [3.8, 4) is 0 Å².